The van der Waals surface area contributed by atoms with Gasteiger partial charge in [0.15, 0.2) is 5.75 Å². The van der Waals surface area contributed by atoms with Crippen molar-refractivity contribution in [3.8, 4) is 5.75 Å². The molecule has 0 fully saturated rings. The van der Waals surface area contributed by atoms with E-state index in [1.54, 1.807) is 0 Å². The van der Waals surface area contributed by atoms with Crippen LogP contribution in [0.15, 0.2) is 42.5 Å². The van der Waals surface area contributed by atoms with Crippen molar-refractivity contribution in [3.05, 3.63) is 68.3 Å². The molecule has 8 heteroatoms. The second-order valence-corrected chi connectivity index (χ2v) is 4.38. The lowest BCUT2D eigenvalue weighted by molar-refractivity contribution is -0.394. The van der Waals surface area contributed by atoms with E-state index >= 15 is 0 Å². The molecule has 0 aliphatic rings. The van der Waals surface area contributed by atoms with Crippen molar-refractivity contribution in [3.63, 3.8) is 0 Å². The fraction of sp³-hybridized carbons (Fsp3) is 0.143. The van der Waals surface area contributed by atoms with Crippen LogP contribution in [0.3, 0.4) is 0 Å². The first-order chi connectivity index (χ1) is 10.5. The van der Waals surface area contributed by atoms with E-state index in [0.717, 1.165) is 11.6 Å². The molecule has 8 nitrogen and oxygen atoms in total. The van der Waals surface area contributed by atoms with Gasteiger partial charge in [-0.2, -0.15) is 0 Å². The van der Waals surface area contributed by atoms with Crippen molar-refractivity contribution in [2.24, 2.45) is 0 Å². The molecule has 2 aromatic carbocycles. The number of benzene rings is 2. The number of rotatable bonds is 6. The minimum absolute atomic E-state index is 0.0243. The van der Waals surface area contributed by atoms with E-state index in [0.29, 0.717) is 0 Å². The average Bonchev–Trinajstić information content (AvgIpc) is 2.52. The molecule has 0 spiro atoms. The molecule has 2 aromatic rings. The van der Waals surface area contributed by atoms with E-state index in [1.165, 1.54) is 13.1 Å². The standard InChI is InChI=1S/C14H13N3O5/c1-15-11-7-14(22-9-10-5-3-2-4-6-10)13(17(20)21)8-12(11)16(18)19/h2-8,15H,9H2,1H3. The van der Waals surface area contributed by atoms with Gasteiger partial charge in [-0.25, -0.2) is 0 Å². The predicted molar refractivity (Wildman–Crippen MR) is 80.1 cm³/mol. The summed E-state index contributed by atoms with van der Waals surface area (Å²) < 4.78 is 5.46. The molecule has 0 bridgehead atoms. The Morgan fingerprint density at radius 3 is 2.23 bits per heavy atom. The fourth-order valence-corrected chi connectivity index (χ4v) is 1.90. The van der Waals surface area contributed by atoms with Crippen molar-refractivity contribution in [1.29, 1.82) is 0 Å². The molecule has 0 unspecified atom stereocenters. The summed E-state index contributed by atoms with van der Waals surface area (Å²) in [6.07, 6.45) is 0. The number of hydrogen-bond donors (Lipinski definition) is 1. The van der Waals surface area contributed by atoms with Gasteiger partial charge in [0.1, 0.15) is 12.3 Å². The number of anilines is 1. The molecule has 114 valence electrons. The molecule has 0 radical (unpaired) electrons. The summed E-state index contributed by atoms with van der Waals surface area (Å²) in [5.41, 5.74) is 0.169. The van der Waals surface area contributed by atoms with Crippen LogP contribution < -0.4 is 10.1 Å². The van der Waals surface area contributed by atoms with Crippen LogP contribution in [0.4, 0.5) is 17.1 Å². The summed E-state index contributed by atoms with van der Waals surface area (Å²) in [5, 5.41) is 24.7. The van der Waals surface area contributed by atoms with Gasteiger partial charge in [-0.1, -0.05) is 30.3 Å². The summed E-state index contributed by atoms with van der Waals surface area (Å²) >= 11 is 0. The predicted octanol–water partition coefficient (Wildman–Crippen LogP) is 3.12. The Bertz CT molecular complexity index is 703. The molecule has 1 N–H and O–H groups in total. The number of ether oxygens (including phenoxy) is 1. The summed E-state index contributed by atoms with van der Waals surface area (Å²) in [5.74, 6) is -0.0243. The second-order valence-electron chi connectivity index (χ2n) is 4.38. The zero-order valence-corrected chi connectivity index (χ0v) is 11.7. The first-order valence-electron chi connectivity index (χ1n) is 6.34. The van der Waals surface area contributed by atoms with Crippen LogP contribution >= 0.6 is 0 Å². The molecule has 0 aliphatic carbocycles. The smallest absolute Gasteiger partial charge is 0.317 e. The van der Waals surface area contributed by atoms with Gasteiger partial charge in [0.2, 0.25) is 0 Å². The molecule has 0 saturated heterocycles. The van der Waals surface area contributed by atoms with Crippen LogP contribution in [0, 0.1) is 20.2 Å². The van der Waals surface area contributed by atoms with Crippen molar-refractivity contribution in [2.45, 2.75) is 6.61 Å². The Kier molecular flexibility index (Phi) is 4.52. The van der Waals surface area contributed by atoms with Crippen molar-refractivity contribution in [1.82, 2.24) is 0 Å². The quantitative estimate of drug-likeness (QED) is 0.648. The van der Waals surface area contributed by atoms with Gasteiger partial charge in [-0.15, -0.1) is 0 Å². The van der Waals surface area contributed by atoms with Gasteiger partial charge in [0.05, 0.1) is 15.9 Å². The van der Waals surface area contributed by atoms with Crippen molar-refractivity contribution < 1.29 is 14.6 Å². The van der Waals surface area contributed by atoms with Gasteiger partial charge in [0.25, 0.3) is 5.69 Å². The highest BCUT2D eigenvalue weighted by Gasteiger charge is 2.25. The fourth-order valence-electron chi connectivity index (χ4n) is 1.90. The first kappa shape index (κ1) is 15.2. The molecule has 0 saturated carbocycles. The normalized spacial score (nSPS) is 10.0. The van der Waals surface area contributed by atoms with E-state index in [1.807, 2.05) is 30.3 Å². The highest BCUT2D eigenvalue weighted by molar-refractivity contribution is 5.70. The van der Waals surface area contributed by atoms with Gasteiger partial charge in [0, 0.05) is 13.1 Å². The third-order valence-corrected chi connectivity index (χ3v) is 2.98. The van der Waals surface area contributed by atoms with E-state index in [2.05, 4.69) is 5.32 Å². The molecule has 0 aromatic heterocycles. The Balaban J connectivity index is 2.36. The molecule has 2 rings (SSSR count). The molecular formula is C14H13N3O5. The maximum atomic E-state index is 11.1. The average molecular weight is 303 g/mol. The topological polar surface area (TPSA) is 108 Å². The minimum atomic E-state index is -0.702. The Labute approximate surface area is 125 Å². The lowest BCUT2D eigenvalue weighted by Crippen LogP contribution is -2.03. The number of nitrogens with zero attached hydrogens (tertiary/aromatic N) is 2. The van der Waals surface area contributed by atoms with Crippen LogP contribution in [0.5, 0.6) is 5.75 Å². The number of hydrogen-bond acceptors (Lipinski definition) is 6. The van der Waals surface area contributed by atoms with Crippen LogP contribution in [0.2, 0.25) is 0 Å². The zero-order valence-electron chi connectivity index (χ0n) is 11.7. The van der Waals surface area contributed by atoms with Crippen LogP contribution in [0.1, 0.15) is 5.56 Å². The third-order valence-electron chi connectivity index (χ3n) is 2.98. The van der Waals surface area contributed by atoms with Gasteiger partial charge in [-0.3, -0.25) is 20.2 Å². The summed E-state index contributed by atoms with van der Waals surface area (Å²) in [4.78, 5) is 20.7. The number of nitro benzene ring substituents is 2. The largest absolute Gasteiger partial charge is 0.482 e. The maximum Gasteiger partial charge on any atom is 0.317 e. The summed E-state index contributed by atoms with van der Waals surface area (Å²) in [6, 6.07) is 11.3. The molecular weight excluding hydrogens is 290 g/mol. The first-order valence-corrected chi connectivity index (χ1v) is 6.34. The molecule has 22 heavy (non-hydrogen) atoms. The second kappa shape index (κ2) is 6.53. The maximum absolute atomic E-state index is 11.1. The Morgan fingerprint density at radius 1 is 1.05 bits per heavy atom. The number of nitrogens with one attached hydrogen (secondary N) is 1. The SMILES string of the molecule is CNc1cc(OCc2ccccc2)c([N+](=O)[O-])cc1[N+](=O)[O-]. The van der Waals surface area contributed by atoms with E-state index in [4.69, 9.17) is 4.74 Å². The van der Waals surface area contributed by atoms with Gasteiger partial charge in [-0.05, 0) is 5.56 Å². The molecule has 0 atom stereocenters. The van der Waals surface area contributed by atoms with Gasteiger partial charge < -0.3 is 10.1 Å². The summed E-state index contributed by atoms with van der Waals surface area (Å²) in [7, 11) is 1.50. The number of nitro groups is 2. The lowest BCUT2D eigenvalue weighted by Gasteiger charge is -2.09. The zero-order chi connectivity index (χ0) is 16.1. The lowest BCUT2D eigenvalue weighted by atomic mass is 10.2. The highest BCUT2D eigenvalue weighted by Crippen LogP contribution is 2.37. The van der Waals surface area contributed by atoms with Crippen LogP contribution in [0.25, 0.3) is 0 Å². The van der Waals surface area contributed by atoms with E-state index in [9.17, 15) is 20.2 Å². The van der Waals surface area contributed by atoms with E-state index in [-0.39, 0.29) is 23.7 Å². The Morgan fingerprint density at radius 2 is 1.68 bits per heavy atom. The third kappa shape index (κ3) is 3.29. The molecule has 0 aliphatic heterocycles. The van der Waals surface area contributed by atoms with Crippen LogP contribution in [-0.2, 0) is 6.61 Å². The van der Waals surface area contributed by atoms with E-state index < -0.39 is 15.5 Å². The minimum Gasteiger partial charge on any atom is -0.482 e. The monoisotopic (exact) mass is 303 g/mol. The van der Waals surface area contributed by atoms with Crippen molar-refractivity contribution >= 4 is 17.1 Å². The van der Waals surface area contributed by atoms with Crippen LogP contribution in [-0.4, -0.2) is 16.9 Å². The highest BCUT2D eigenvalue weighted by atomic mass is 16.6. The van der Waals surface area contributed by atoms with Crippen molar-refractivity contribution in [2.75, 3.05) is 12.4 Å². The summed E-state index contributed by atoms with van der Waals surface area (Å²) in [6.45, 7) is 0.128. The molecule has 0 heterocycles. The Hall–Kier alpha value is -3.16. The molecule has 0 amide bonds. The van der Waals surface area contributed by atoms with Gasteiger partial charge >= 0.3 is 5.69 Å².